The smallest absolute Gasteiger partial charge is 0.323 e. The van der Waals surface area contributed by atoms with E-state index in [-0.39, 0.29) is 12.0 Å². The van der Waals surface area contributed by atoms with Crippen LogP contribution in [0.5, 0.6) is 0 Å². The second-order valence-electron chi connectivity index (χ2n) is 5.72. The van der Waals surface area contributed by atoms with Gasteiger partial charge in [-0.1, -0.05) is 13.3 Å². The normalized spacial score (nSPS) is 25.3. The molecule has 1 fully saturated rings. The maximum absolute atomic E-state index is 11.9. The third-order valence-electron chi connectivity index (χ3n) is 4.34. The molecule has 0 heterocycles. The molecule has 0 aromatic rings. The third-order valence-corrected chi connectivity index (χ3v) is 4.34. The van der Waals surface area contributed by atoms with Crippen molar-refractivity contribution in [1.82, 2.24) is 4.90 Å². The number of hydrogen-bond acceptors (Lipinski definition) is 4. The molecule has 112 valence electrons. The van der Waals surface area contributed by atoms with Crippen molar-refractivity contribution in [1.29, 1.82) is 0 Å². The highest BCUT2D eigenvalue weighted by Gasteiger charge is 2.29. The van der Waals surface area contributed by atoms with E-state index in [9.17, 15) is 4.79 Å². The molecule has 0 aromatic carbocycles. The molecule has 0 aromatic heterocycles. The zero-order chi connectivity index (χ0) is 14.3. The Morgan fingerprint density at radius 2 is 2.00 bits per heavy atom. The molecule has 19 heavy (non-hydrogen) atoms. The number of carbonyl (C=O) groups is 1. The quantitative estimate of drug-likeness (QED) is 0.570. The molecule has 1 saturated carbocycles. The van der Waals surface area contributed by atoms with E-state index < -0.39 is 0 Å². The first kappa shape index (κ1) is 16.4. The molecule has 0 amide bonds. The summed E-state index contributed by atoms with van der Waals surface area (Å²) in [6.45, 7) is 4.84. The van der Waals surface area contributed by atoms with Crippen LogP contribution in [0.1, 0.15) is 52.4 Å². The molecule has 0 radical (unpaired) electrons. The SMILES string of the molecule is CCCCOC(=O)C(C)N(C)C1CCC(CO)CC1. The molecule has 1 rings (SSSR count). The number of aliphatic hydroxyl groups excluding tert-OH is 1. The van der Waals surface area contributed by atoms with Crippen LogP contribution < -0.4 is 0 Å². The first-order chi connectivity index (χ1) is 9.10. The van der Waals surface area contributed by atoms with Crippen LogP contribution in [0, 0.1) is 5.92 Å². The van der Waals surface area contributed by atoms with E-state index in [1.807, 2.05) is 14.0 Å². The minimum atomic E-state index is -0.174. The van der Waals surface area contributed by atoms with Gasteiger partial charge in [-0.2, -0.15) is 0 Å². The van der Waals surface area contributed by atoms with E-state index in [2.05, 4.69) is 11.8 Å². The van der Waals surface area contributed by atoms with Crippen molar-refractivity contribution < 1.29 is 14.6 Å². The Hall–Kier alpha value is -0.610. The number of nitrogens with zero attached hydrogens (tertiary/aromatic N) is 1. The van der Waals surface area contributed by atoms with E-state index >= 15 is 0 Å². The molecule has 1 aliphatic carbocycles. The molecule has 0 aliphatic heterocycles. The average molecular weight is 271 g/mol. The summed E-state index contributed by atoms with van der Waals surface area (Å²) >= 11 is 0. The molecule has 0 spiro atoms. The minimum absolute atomic E-state index is 0.111. The zero-order valence-electron chi connectivity index (χ0n) is 12.6. The molecule has 0 saturated heterocycles. The molecular weight excluding hydrogens is 242 g/mol. The largest absolute Gasteiger partial charge is 0.465 e. The fourth-order valence-corrected chi connectivity index (χ4v) is 2.65. The molecule has 1 unspecified atom stereocenters. The lowest BCUT2D eigenvalue weighted by Gasteiger charge is -2.36. The number of likely N-dealkylation sites (N-methyl/N-ethyl adjacent to an activating group) is 1. The molecule has 1 aliphatic rings. The number of rotatable bonds is 7. The highest BCUT2D eigenvalue weighted by atomic mass is 16.5. The standard InChI is InChI=1S/C15H29NO3/c1-4-5-10-19-15(18)12(2)16(3)14-8-6-13(11-17)7-9-14/h12-14,17H,4-11H2,1-3H3. The number of esters is 1. The lowest BCUT2D eigenvalue weighted by atomic mass is 9.85. The van der Waals surface area contributed by atoms with E-state index in [0.29, 0.717) is 25.2 Å². The van der Waals surface area contributed by atoms with Crippen LogP contribution in [-0.2, 0) is 9.53 Å². The summed E-state index contributed by atoms with van der Waals surface area (Å²) in [4.78, 5) is 14.1. The summed E-state index contributed by atoms with van der Waals surface area (Å²) in [5.41, 5.74) is 0. The van der Waals surface area contributed by atoms with Crippen LogP contribution >= 0.6 is 0 Å². The zero-order valence-corrected chi connectivity index (χ0v) is 12.6. The summed E-state index contributed by atoms with van der Waals surface area (Å²) in [6, 6.07) is 0.268. The summed E-state index contributed by atoms with van der Waals surface area (Å²) < 4.78 is 5.28. The van der Waals surface area contributed by atoms with Crippen LogP contribution in [0.4, 0.5) is 0 Å². The van der Waals surface area contributed by atoms with Crippen LogP contribution in [0.25, 0.3) is 0 Å². The number of hydrogen-bond donors (Lipinski definition) is 1. The van der Waals surface area contributed by atoms with Crippen molar-refractivity contribution in [2.75, 3.05) is 20.3 Å². The molecule has 1 N–H and O–H groups in total. The molecule has 4 heteroatoms. The van der Waals surface area contributed by atoms with Crippen molar-refractivity contribution in [2.24, 2.45) is 5.92 Å². The third kappa shape index (κ3) is 5.11. The maximum Gasteiger partial charge on any atom is 0.323 e. The number of ether oxygens (including phenoxy) is 1. The summed E-state index contributed by atoms with van der Waals surface area (Å²) in [5, 5.41) is 9.15. The number of unbranched alkanes of at least 4 members (excludes halogenated alkanes) is 1. The van der Waals surface area contributed by atoms with Gasteiger partial charge >= 0.3 is 5.97 Å². The Balaban J connectivity index is 2.35. The lowest BCUT2D eigenvalue weighted by Crippen LogP contribution is -2.45. The molecule has 0 bridgehead atoms. The summed E-state index contributed by atoms with van der Waals surface area (Å²) in [5.74, 6) is 0.344. The van der Waals surface area contributed by atoms with Gasteiger partial charge in [-0.25, -0.2) is 0 Å². The Kier molecular flexibility index (Phi) is 7.39. The van der Waals surface area contributed by atoms with Gasteiger partial charge in [0, 0.05) is 12.6 Å². The summed E-state index contributed by atoms with van der Waals surface area (Å²) in [7, 11) is 2.01. The average Bonchev–Trinajstić information content (AvgIpc) is 2.46. The van der Waals surface area contributed by atoms with Crippen molar-refractivity contribution in [3.63, 3.8) is 0 Å². The van der Waals surface area contributed by atoms with Gasteiger partial charge in [-0.15, -0.1) is 0 Å². The van der Waals surface area contributed by atoms with E-state index in [1.165, 1.54) is 0 Å². The Labute approximate surface area is 117 Å². The van der Waals surface area contributed by atoms with Gasteiger partial charge in [0.15, 0.2) is 0 Å². The fraction of sp³-hybridized carbons (Fsp3) is 0.933. The van der Waals surface area contributed by atoms with E-state index in [1.54, 1.807) is 0 Å². The highest BCUT2D eigenvalue weighted by Crippen LogP contribution is 2.27. The second kappa shape index (κ2) is 8.54. The first-order valence-electron chi connectivity index (χ1n) is 7.59. The van der Waals surface area contributed by atoms with Crippen molar-refractivity contribution in [2.45, 2.75) is 64.5 Å². The molecule has 1 atom stereocenters. The van der Waals surface area contributed by atoms with Gasteiger partial charge in [0.25, 0.3) is 0 Å². The van der Waals surface area contributed by atoms with Crippen LogP contribution in [0.2, 0.25) is 0 Å². The Bertz CT molecular complexity index is 262. The molecular formula is C15H29NO3. The first-order valence-corrected chi connectivity index (χ1v) is 7.59. The Morgan fingerprint density at radius 1 is 1.37 bits per heavy atom. The van der Waals surface area contributed by atoms with Gasteiger partial charge in [-0.05, 0) is 52.0 Å². The number of carbonyl (C=O) groups excluding carboxylic acids is 1. The molecule has 4 nitrogen and oxygen atoms in total. The topological polar surface area (TPSA) is 49.8 Å². The fourth-order valence-electron chi connectivity index (χ4n) is 2.65. The van der Waals surface area contributed by atoms with Crippen LogP contribution in [0.15, 0.2) is 0 Å². The highest BCUT2D eigenvalue weighted by molar-refractivity contribution is 5.75. The second-order valence-corrected chi connectivity index (χ2v) is 5.72. The van der Waals surface area contributed by atoms with Crippen molar-refractivity contribution >= 4 is 5.97 Å². The Morgan fingerprint density at radius 3 is 2.53 bits per heavy atom. The van der Waals surface area contributed by atoms with Crippen molar-refractivity contribution in [3.8, 4) is 0 Å². The number of aliphatic hydroxyl groups is 1. The van der Waals surface area contributed by atoms with Gasteiger partial charge < -0.3 is 9.84 Å². The van der Waals surface area contributed by atoms with Gasteiger partial charge in [0.2, 0.25) is 0 Å². The van der Waals surface area contributed by atoms with E-state index in [4.69, 9.17) is 9.84 Å². The van der Waals surface area contributed by atoms with Gasteiger partial charge in [-0.3, -0.25) is 9.69 Å². The maximum atomic E-state index is 11.9. The minimum Gasteiger partial charge on any atom is -0.465 e. The predicted molar refractivity (Wildman–Crippen MR) is 75.9 cm³/mol. The van der Waals surface area contributed by atoms with E-state index in [0.717, 1.165) is 38.5 Å². The predicted octanol–water partition coefficient (Wildman–Crippen LogP) is 2.20. The van der Waals surface area contributed by atoms with Crippen molar-refractivity contribution in [3.05, 3.63) is 0 Å². The van der Waals surface area contributed by atoms with Gasteiger partial charge in [0.1, 0.15) is 6.04 Å². The lowest BCUT2D eigenvalue weighted by molar-refractivity contribution is -0.150. The monoisotopic (exact) mass is 271 g/mol. The van der Waals surface area contributed by atoms with Gasteiger partial charge in [0.05, 0.1) is 6.61 Å². The summed E-state index contributed by atoms with van der Waals surface area (Å²) in [6.07, 6.45) is 6.22. The van der Waals surface area contributed by atoms with Crippen LogP contribution in [-0.4, -0.2) is 48.3 Å². The van der Waals surface area contributed by atoms with Crippen LogP contribution in [0.3, 0.4) is 0 Å².